The van der Waals surface area contributed by atoms with Gasteiger partial charge in [-0.2, -0.15) is 8.42 Å². The number of ketones is 1. The molecule has 152 valence electrons. The molecule has 0 atom stereocenters. The minimum Gasteiger partial charge on any atom is -0.488 e. The lowest BCUT2D eigenvalue weighted by molar-refractivity contribution is -0.890. The Hall–Kier alpha value is -2.22. The zero-order valence-corrected chi connectivity index (χ0v) is 17.2. The van der Waals surface area contributed by atoms with Gasteiger partial charge in [0.1, 0.15) is 18.9 Å². The van der Waals surface area contributed by atoms with Crippen molar-refractivity contribution in [3.05, 3.63) is 65.7 Å². The Morgan fingerprint density at radius 1 is 0.929 bits per heavy atom. The molecule has 0 amide bonds. The second-order valence-electron chi connectivity index (χ2n) is 7.44. The van der Waals surface area contributed by atoms with E-state index >= 15 is 0 Å². The molecule has 0 bridgehead atoms. The molecule has 0 saturated heterocycles. The monoisotopic (exact) mass is 406 g/mol. The highest BCUT2D eigenvalue weighted by Gasteiger charge is 2.16. The van der Waals surface area contributed by atoms with Crippen LogP contribution in [0.15, 0.2) is 54.6 Å². The van der Waals surface area contributed by atoms with Gasteiger partial charge in [0, 0.05) is 11.1 Å². The summed E-state index contributed by atoms with van der Waals surface area (Å²) in [6, 6.07) is 16.3. The van der Waals surface area contributed by atoms with Gasteiger partial charge in [0.2, 0.25) is 0 Å². The summed E-state index contributed by atoms with van der Waals surface area (Å²) in [5, 5.41) is 0. The minimum atomic E-state index is -3.88. The molecule has 0 aliphatic rings. The number of carbonyl (C=O) groups is 1. The highest BCUT2D eigenvalue weighted by Crippen LogP contribution is 2.16. The summed E-state index contributed by atoms with van der Waals surface area (Å²) in [4.78, 5) is 12.4. The van der Waals surface area contributed by atoms with Crippen molar-refractivity contribution in [3.8, 4) is 5.75 Å². The SMILES string of the molecule is C[N+](C)(CCCCS(=O)(=O)O)CCOc1ccc(C(=O)c2ccccc2)cc1. The molecule has 7 heteroatoms. The van der Waals surface area contributed by atoms with E-state index in [-0.39, 0.29) is 11.5 Å². The van der Waals surface area contributed by atoms with E-state index in [4.69, 9.17) is 9.29 Å². The van der Waals surface area contributed by atoms with Crippen LogP contribution >= 0.6 is 0 Å². The fraction of sp³-hybridized carbons (Fsp3) is 0.381. The highest BCUT2D eigenvalue weighted by molar-refractivity contribution is 7.85. The van der Waals surface area contributed by atoms with Crippen molar-refractivity contribution >= 4 is 15.9 Å². The first-order valence-electron chi connectivity index (χ1n) is 9.26. The largest absolute Gasteiger partial charge is 0.488 e. The van der Waals surface area contributed by atoms with E-state index in [9.17, 15) is 13.2 Å². The second-order valence-corrected chi connectivity index (χ2v) is 9.02. The predicted octanol–water partition coefficient (Wildman–Crippen LogP) is 3.04. The number of carbonyl (C=O) groups excluding carboxylic acids is 1. The fourth-order valence-electron chi connectivity index (χ4n) is 2.81. The Bertz CT molecular complexity index is 861. The molecule has 2 rings (SSSR count). The molecule has 0 fully saturated rings. The van der Waals surface area contributed by atoms with Crippen molar-refractivity contribution in [2.45, 2.75) is 12.8 Å². The van der Waals surface area contributed by atoms with Crippen molar-refractivity contribution in [1.82, 2.24) is 0 Å². The molecule has 0 unspecified atom stereocenters. The molecule has 0 aliphatic heterocycles. The minimum absolute atomic E-state index is 0.0187. The zero-order valence-electron chi connectivity index (χ0n) is 16.4. The number of benzene rings is 2. The smallest absolute Gasteiger partial charge is 0.264 e. The van der Waals surface area contributed by atoms with Gasteiger partial charge in [-0.3, -0.25) is 9.35 Å². The topological polar surface area (TPSA) is 80.7 Å². The van der Waals surface area contributed by atoms with E-state index < -0.39 is 10.1 Å². The number of hydrogen-bond acceptors (Lipinski definition) is 4. The summed E-state index contributed by atoms with van der Waals surface area (Å²) in [5.41, 5.74) is 1.28. The first kappa shape index (κ1) is 22.1. The number of rotatable bonds is 11. The van der Waals surface area contributed by atoms with E-state index in [0.29, 0.717) is 40.8 Å². The average molecular weight is 407 g/mol. The van der Waals surface area contributed by atoms with Crippen molar-refractivity contribution in [1.29, 1.82) is 0 Å². The quantitative estimate of drug-likeness (QED) is 0.268. The summed E-state index contributed by atoms with van der Waals surface area (Å²) in [5.74, 6) is 0.489. The number of unbranched alkanes of at least 4 members (excludes halogenated alkanes) is 1. The highest BCUT2D eigenvalue weighted by atomic mass is 32.2. The molecule has 0 spiro atoms. The lowest BCUT2D eigenvalue weighted by atomic mass is 10.0. The molecular weight excluding hydrogens is 378 g/mol. The lowest BCUT2D eigenvalue weighted by Gasteiger charge is -2.29. The van der Waals surface area contributed by atoms with Gasteiger partial charge in [-0.15, -0.1) is 0 Å². The first-order valence-corrected chi connectivity index (χ1v) is 10.9. The molecule has 28 heavy (non-hydrogen) atoms. The lowest BCUT2D eigenvalue weighted by Crippen LogP contribution is -2.43. The molecule has 0 aromatic heterocycles. The summed E-state index contributed by atoms with van der Waals surface area (Å²) in [7, 11) is 0.230. The molecule has 1 N–H and O–H groups in total. The Labute approximate surface area is 167 Å². The van der Waals surface area contributed by atoms with Crippen LogP contribution in [-0.4, -0.2) is 62.8 Å². The molecule has 2 aromatic rings. The third-order valence-electron chi connectivity index (χ3n) is 4.53. The van der Waals surface area contributed by atoms with Crippen molar-refractivity contribution in [3.63, 3.8) is 0 Å². The Morgan fingerprint density at radius 3 is 2.14 bits per heavy atom. The van der Waals surface area contributed by atoms with Crippen LogP contribution in [0.25, 0.3) is 0 Å². The third kappa shape index (κ3) is 7.80. The van der Waals surface area contributed by atoms with Gasteiger partial charge in [0.05, 0.1) is 26.4 Å². The van der Waals surface area contributed by atoms with E-state index in [1.807, 2.05) is 18.2 Å². The molecule has 0 radical (unpaired) electrons. The Balaban J connectivity index is 1.77. The maximum Gasteiger partial charge on any atom is 0.264 e. The third-order valence-corrected chi connectivity index (χ3v) is 5.34. The number of quaternary nitrogens is 1. The molecule has 6 nitrogen and oxygen atoms in total. The van der Waals surface area contributed by atoms with E-state index in [1.165, 1.54) is 0 Å². The normalized spacial score (nSPS) is 12.0. The van der Waals surface area contributed by atoms with E-state index in [2.05, 4.69) is 14.1 Å². The summed E-state index contributed by atoms with van der Waals surface area (Å²) >= 11 is 0. The molecule has 0 aliphatic carbocycles. The van der Waals surface area contributed by atoms with Crippen LogP contribution in [-0.2, 0) is 10.1 Å². The maximum absolute atomic E-state index is 12.4. The number of nitrogens with zero attached hydrogens (tertiary/aromatic N) is 1. The predicted molar refractivity (Wildman–Crippen MR) is 109 cm³/mol. The summed E-state index contributed by atoms with van der Waals surface area (Å²) < 4.78 is 36.7. The van der Waals surface area contributed by atoms with Crippen LogP contribution < -0.4 is 4.74 Å². The van der Waals surface area contributed by atoms with Crippen LogP contribution in [0.1, 0.15) is 28.8 Å². The van der Waals surface area contributed by atoms with Crippen LogP contribution in [0.3, 0.4) is 0 Å². The summed E-state index contributed by atoms with van der Waals surface area (Å²) in [6.45, 7) is 2.07. The molecule has 2 aromatic carbocycles. The fourth-order valence-corrected chi connectivity index (χ4v) is 3.37. The van der Waals surface area contributed by atoms with Gasteiger partial charge in [-0.05, 0) is 37.1 Å². The van der Waals surface area contributed by atoms with Crippen molar-refractivity contribution in [2.75, 3.05) is 39.5 Å². The van der Waals surface area contributed by atoms with Gasteiger partial charge < -0.3 is 9.22 Å². The van der Waals surface area contributed by atoms with Crippen LogP contribution in [0.2, 0.25) is 0 Å². The zero-order chi connectivity index (χ0) is 20.6. The van der Waals surface area contributed by atoms with Crippen molar-refractivity contribution < 1.29 is 27.0 Å². The van der Waals surface area contributed by atoms with Gasteiger partial charge in [-0.1, -0.05) is 30.3 Å². The van der Waals surface area contributed by atoms with E-state index in [0.717, 1.165) is 13.1 Å². The van der Waals surface area contributed by atoms with Gasteiger partial charge in [-0.25, -0.2) is 0 Å². The summed E-state index contributed by atoms with van der Waals surface area (Å²) in [6.07, 6.45) is 1.15. The number of ether oxygens (including phenoxy) is 1. The Morgan fingerprint density at radius 2 is 1.54 bits per heavy atom. The molecule has 0 heterocycles. The van der Waals surface area contributed by atoms with Crippen LogP contribution in [0, 0.1) is 0 Å². The molecule has 0 saturated carbocycles. The standard InChI is InChI=1S/C21H27NO5S/c1-22(2,14-6-7-17-28(24,25)26)15-16-27-20-12-10-19(11-13-20)21(23)18-8-4-3-5-9-18/h3-5,8-13H,6-7,14-17H2,1-2H3/p+1. The van der Waals surface area contributed by atoms with Crippen molar-refractivity contribution in [2.24, 2.45) is 0 Å². The maximum atomic E-state index is 12.4. The first-order chi connectivity index (χ1) is 13.2. The van der Waals surface area contributed by atoms with Gasteiger partial charge in [0.25, 0.3) is 10.1 Å². The second kappa shape index (κ2) is 9.82. The molecular formula is C21H28NO5S+. The van der Waals surface area contributed by atoms with Crippen LogP contribution in [0.4, 0.5) is 0 Å². The average Bonchev–Trinajstić information content (AvgIpc) is 2.65. The number of likely N-dealkylation sites (N-methyl/N-ethyl adjacent to an activating group) is 1. The van der Waals surface area contributed by atoms with Gasteiger partial charge >= 0.3 is 0 Å². The number of hydrogen-bond donors (Lipinski definition) is 1. The Kier molecular flexibility index (Phi) is 7.74. The van der Waals surface area contributed by atoms with E-state index in [1.54, 1.807) is 36.4 Å². The van der Waals surface area contributed by atoms with Gasteiger partial charge in [0.15, 0.2) is 5.78 Å². The van der Waals surface area contributed by atoms with Crippen LogP contribution in [0.5, 0.6) is 5.75 Å².